The fraction of sp³-hybridized carbons (Fsp3) is 0.769. The summed E-state index contributed by atoms with van der Waals surface area (Å²) in [4.78, 5) is 34.3. The number of rotatable bonds is 4. The van der Waals surface area contributed by atoms with Crippen molar-refractivity contribution < 1.29 is 24.2 Å². The van der Waals surface area contributed by atoms with Crippen molar-refractivity contribution in [3.63, 3.8) is 0 Å². The Labute approximate surface area is 113 Å². The lowest BCUT2D eigenvalue weighted by Crippen LogP contribution is -2.47. The van der Waals surface area contributed by atoms with Gasteiger partial charge in [-0.05, 0) is 20.8 Å². The highest BCUT2D eigenvalue weighted by molar-refractivity contribution is 5.89. The molecule has 0 fully saturated rings. The number of aliphatic carboxylic acids is 1. The van der Waals surface area contributed by atoms with E-state index in [4.69, 9.17) is 9.84 Å². The molecule has 0 heterocycles. The predicted octanol–water partition coefficient (Wildman–Crippen LogP) is 1.33. The van der Waals surface area contributed by atoms with Crippen molar-refractivity contribution in [1.82, 2.24) is 5.32 Å². The summed E-state index contributed by atoms with van der Waals surface area (Å²) in [6.07, 6.45) is -0.394. The molecule has 2 N–H and O–H groups in total. The van der Waals surface area contributed by atoms with Crippen molar-refractivity contribution in [3.05, 3.63) is 0 Å². The van der Waals surface area contributed by atoms with E-state index in [9.17, 15) is 14.4 Å². The van der Waals surface area contributed by atoms with Crippen molar-refractivity contribution in [2.75, 3.05) is 0 Å². The third-order valence-electron chi connectivity index (χ3n) is 2.08. The minimum absolute atomic E-state index is 0.394. The molecule has 19 heavy (non-hydrogen) atoms. The molecule has 0 aliphatic heterocycles. The first-order chi connectivity index (χ1) is 8.33. The standard InChI is InChI=1S/C13H23NO5/c1-12(2,3)11(18)14-8(10(16)17)7-9(15)19-13(4,5)6/h8H,7H2,1-6H3,(H,14,18)(H,16,17)/t8-/m0/s1. The minimum atomic E-state index is -1.28. The SMILES string of the molecule is CC(C)(C)OC(=O)C[C@H](NC(=O)C(C)(C)C)C(=O)O. The maximum absolute atomic E-state index is 11.7. The van der Waals surface area contributed by atoms with Crippen LogP contribution in [0.25, 0.3) is 0 Å². The molecule has 0 saturated heterocycles. The van der Waals surface area contributed by atoms with Crippen LogP contribution in [0.2, 0.25) is 0 Å². The summed E-state index contributed by atoms with van der Waals surface area (Å²) in [6, 6.07) is -1.28. The van der Waals surface area contributed by atoms with Gasteiger partial charge in [0.05, 0.1) is 6.42 Å². The second kappa shape index (κ2) is 6.04. The van der Waals surface area contributed by atoms with Gasteiger partial charge < -0.3 is 15.2 Å². The number of carbonyl (C=O) groups is 3. The summed E-state index contributed by atoms with van der Waals surface area (Å²) >= 11 is 0. The van der Waals surface area contributed by atoms with Crippen LogP contribution >= 0.6 is 0 Å². The number of esters is 1. The van der Waals surface area contributed by atoms with Crippen LogP contribution in [0.4, 0.5) is 0 Å². The number of hydrogen-bond donors (Lipinski definition) is 2. The van der Waals surface area contributed by atoms with E-state index in [1.54, 1.807) is 41.5 Å². The second-order valence-corrected chi connectivity index (χ2v) is 6.40. The summed E-state index contributed by atoms with van der Waals surface area (Å²) in [6.45, 7) is 10.1. The van der Waals surface area contributed by atoms with Crippen molar-refractivity contribution in [2.45, 2.75) is 59.6 Å². The van der Waals surface area contributed by atoms with Crippen molar-refractivity contribution in [1.29, 1.82) is 0 Å². The van der Waals surface area contributed by atoms with E-state index >= 15 is 0 Å². The monoisotopic (exact) mass is 273 g/mol. The van der Waals surface area contributed by atoms with Gasteiger partial charge in [-0.25, -0.2) is 4.79 Å². The van der Waals surface area contributed by atoms with Crippen molar-refractivity contribution >= 4 is 17.8 Å². The van der Waals surface area contributed by atoms with Gasteiger partial charge in [-0.15, -0.1) is 0 Å². The van der Waals surface area contributed by atoms with E-state index in [1.807, 2.05) is 0 Å². The lowest BCUT2D eigenvalue weighted by Gasteiger charge is -2.23. The third kappa shape index (κ3) is 7.43. The van der Waals surface area contributed by atoms with Gasteiger partial charge >= 0.3 is 11.9 Å². The minimum Gasteiger partial charge on any atom is -0.480 e. The predicted molar refractivity (Wildman–Crippen MR) is 69.5 cm³/mol. The molecule has 0 bridgehead atoms. The van der Waals surface area contributed by atoms with Crippen LogP contribution in [0.3, 0.4) is 0 Å². The van der Waals surface area contributed by atoms with Gasteiger partial charge in [0.15, 0.2) is 0 Å². The highest BCUT2D eigenvalue weighted by atomic mass is 16.6. The van der Waals surface area contributed by atoms with Gasteiger partial charge in [0, 0.05) is 5.41 Å². The third-order valence-corrected chi connectivity index (χ3v) is 2.08. The Hall–Kier alpha value is -1.59. The number of carbonyl (C=O) groups excluding carboxylic acids is 2. The second-order valence-electron chi connectivity index (χ2n) is 6.40. The molecule has 0 aromatic rings. The first-order valence-corrected chi connectivity index (χ1v) is 6.08. The molecular formula is C13H23NO5. The van der Waals surface area contributed by atoms with Gasteiger partial charge in [0.1, 0.15) is 11.6 Å². The average Bonchev–Trinajstić information content (AvgIpc) is 2.11. The first kappa shape index (κ1) is 17.4. The molecular weight excluding hydrogens is 250 g/mol. The van der Waals surface area contributed by atoms with Crippen LogP contribution in [0, 0.1) is 5.41 Å². The van der Waals surface area contributed by atoms with Crippen LogP contribution in [-0.2, 0) is 19.1 Å². The molecule has 0 spiro atoms. The van der Waals surface area contributed by atoms with Gasteiger partial charge in [0.2, 0.25) is 5.91 Å². The van der Waals surface area contributed by atoms with Crippen LogP contribution in [0.5, 0.6) is 0 Å². The van der Waals surface area contributed by atoms with E-state index < -0.39 is 41.3 Å². The van der Waals surface area contributed by atoms with E-state index in [1.165, 1.54) is 0 Å². The Kier molecular flexibility index (Phi) is 5.53. The Morgan fingerprint density at radius 3 is 1.89 bits per heavy atom. The quantitative estimate of drug-likeness (QED) is 0.754. The van der Waals surface area contributed by atoms with Gasteiger partial charge in [-0.3, -0.25) is 9.59 Å². The molecule has 110 valence electrons. The van der Waals surface area contributed by atoms with Gasteiger partial charge in [-0.1, -0.05) is 20.8 Å². The summed E-state index contributed by atoms with van der Waals surface area (Å²) in [5.74, 6) is -2.35. The topological polar surface area (TPSA) is 92.7 Å². The van der Waals surface area contributed by atoms with Crippen LogP contribution in [0.1, 0.15) is 48.0 Å². The maximum atomic E-state index is 11.7. The smallest absolute Gasteiger partial charge is 0.326 e. The van der Waals surface area contributed by atoms with Crippen LogP contribution in [0.15, 0.2) is 0 Å². The molecule has 0 saturated carbocycles. The molecule has 0 aromatic carbocycles. The molecule has 0 unspecified atom stereocenters. The normalized spacial score (nSPS) is 13.6. The largest absolute Gasteiger partial charge is 0.480 e. The van der Waals surface area contributed by atoms with E-state index in [0.717, 1.165) is 0 Å². The van der Waals surface area contributed by atoms with E-state index in [-0.39, 0.29) is 0 Å². The molecule has 6 nitrogen and oxygen atoms in total. The van der Waals surface area contributed by atoms with E-state index in [0.29, 0.717) is 0 Å². The number of nitrogens with one attached hydrogen (secondary N) is 1. The Morgan fingerprint density at radius 2 is 1.58 bits per heavy atom. The zero-order valence-electron chi connectivity index (χ0n) is 12.4. The number of carboxylic acid groups (broad SMARTS) is 1. The number of amides is 1. The fourth-order valence-corrected chi connectivity index (χ4v) is 1.12. The summed E-state index contributed by atoms with van der Waals surface area (Å²) < 4.78 is 5.03. The molecule has 0 aliphatic rings. The first-order valence-electron chi connectivity index (χ1n) is 6.08. The molecule has 1 amide bonds. The zero-order valence-corrected chi connectivity index (χ0v) is 12.4. The molecule has 1 atom stereocenters. The lowest BCUT2D eigenvalue weighted by atomic mass is 9.95. The molecule has 6 heteroatoms. The fourth-order valence-electron chi connectivity index (χ4n) is 1.12. The van der Waals surface area contributed by atoms with Crippen LogP contribution < -0.4 is 5.32 Å². The molecule has 0 aliphatic carbocycles. The summed E-state index contributed by atoms with van der Waals surface area (Å²) in [5, 5.41) is 11.3. The lowest BCUT2D eigenvalue weighted by molar-refractivity contribution is -0.158. The Morgan fingerprint density at radius 1 is 1.11 bits per heavy atom. The van der Waals surface area contributed by atoms with Crippen LogP contribution in [-0.4, -0.2) is 34.6 Å². The highest BCUT2D eigenvalue weighted by Crippen LogP contribution is 2.14. The van der Waals surface area contributed by atoms with Gasteiger partial charge in [-0.2, -0.15) is 0 Å². The summed E-state index contributed by atoms with van der Waals surface area (Å²) in [7, 11) is 0. The number of ether oxygens (including phenoxy) is 1. The Bertz CT molecular complexity index is 362. The average molecular weight is 273 g/mol. The van der Waals surface area contributed by atoms with Crippen molar-refractivity contribution in [2.24, 2.45) is 5.41 Å². The Balaban J connectivity index is 4.65. The van der Waals surface area contributed by atoms with E-state index in [2.05, 4.69) is 5.32 Å². The molecule has 0 aromatic heterocycles. The maximum Gasteiger partial charge on any atom is 0.326 e. The molecule has 0 rings (SSSR count). The van der Waals surface area contributed by atoms with Crippen molar-refractivity contribution in [3.8, 4) is 0 Å². The number of hydrogen-bond acceptors (Lipinski definition) is 4. The summed E-state index contributed by atoms with van der Waals surface area (Å²) in [5.41, 5.74) is -1.41. The van der Waals surface area contributed by atoms with Gasteiger partial charge in [0.25, 0.3) is 0 Å². The highest BCUT2D eigenvalue weighted by Gasteiger charge is 2.30. The zero-order chi connectivity index (χ0) is 15.4. The molecule has 0 radical (unpaired) electrons. The number of carboxylic acids is 1.